The number of aromatic amines is 1. The fourth-order valence-electron chi connectivity index (χ4n) is 2.52. The second-order valence-electron chi connectivity index (χ2n) is 5.87. The van der Waals surface area contributed by atoms with Gasteiger partial charge in [-0.2, -0.15) is 9.94 Å². The highest BCUT2D eigenvalue weighted by atomic mass is 35.5. The van der Waals surface area contributed by atoms with Crippen LogP contribution < -0.4 is 21.5 Å². The molecule has 0 fully saturated rings. The van der Waals surface area contributed by atoms with E-state index in [0.717, 1.165) is 11.1 Å². The summed E-state index contributed by atoms with van der Waals surface area (Å²) in [6.45, 7) is 2.47. The number of aromatic nitrogens is 4. The Kier molecular flexibility index (Phi) is 5.87. The van der Waals surface area contributed by atoms with E-state index in [-0.39, 0.29) is 27.0 Å². The van der Waals surface area contributed by atoms with Crippen LogP contribution in [-0.4, -0.2) is 19.3 Å². The molecular formula is C18H13Cl2N5O4. The van der Waals surface area contributed by atoms with Crippen LogP contribution in [0.3, 0.4) is 0 Å². The predicted octanol–water partition coefficient (Wildman–Crippen LogP) is 2.46. The van der Waals surface area contributed by atoms with Crippen LogP contribution in [0.4, 0.5) is 0 Å². The minimum atomic E-state index is -0.895. The summed E-state index contributed by atoms with van der Waals surface area (Å²) in [5.74, 6) is 0.456. The van der Waals surface area contributed by atoms with Crippen molar-refractivity contribution in [2.24, 2.45) is 0 Å². The Morgan fingerprint density at radius 3 is 2.52 bits per heavy atom. The fraction of sp³-hybridized carbons (Fsp3) is 0.167. The first-order valence-corrected chi connectivity index (χ1v) is 9.11. The van der Waals surface area contributed by atoms with Gasteiger partial charge in [0.15, 0.2) is 5.75 Å². The van der Waals surface area contributed by atoms with Crippen LogP contribution in [0.25, 0.3) is 5.69 Å². The van der Waals surface area contributed by atoms with E-state index in [2.05, 4.69) is 5.10 Å². The molecule has 0 unspecified atom stereocenters. The number of nitrogens with one attached hydrogen (secondary N) is 1. The number of aryl methyl sites for hydroxylation is 1. The normalized spacial score (nSPS) is 10.6. The van der Waals surface area contributed by atoms with E-state index in [1.165, 1.54) is 28.8 Å². The molecular weight excluding hydrogens is 421 g/mol. The summed E-state index contributed by atoms with van der Waals surface area (Å²) in [6, 6.07) is 7.14. The number of H-pyrrole nitrogens is 1. The van der Waals surface area contributed by atoms with Gasteiger partial charge in [-0.3, -0.25) is 14.6 Å². The molecule has 0 saturated carbocycles. The average Bonchev–Trinajstić information content (AvgIpc) is 2.67. The van der Waals surface area contributed by atoms with E-state index in [0.29, 0.717) is 12.3 Å². The zero-order valence-electron chi connectivity index (χ0n) is 15.0. The van der Waals surface area contributed by atoms with Gasteiger partial charge in [0, 0.05) is 18.8 Å². The smallest absolute Gasteiger partial charge is 0.349 e. The van der Waals surface area contributed by atoms with Crippen LogP contribution in [-0.2, 0) is 6.54 Å². The zero-order chi connectivity index (χ0) is 21.1. The topological polar surface area (TPSA) is 123 Å². The molecule has 0 radical (unpaired) electrons. The molecule has 9 nitrogen and oxygen atoms in total. The van der Waals surface area contributed by atoms with Crippen molar-refractivity contribution in [1.29, 1.82) is 5.26 Å². The van der Waals surface area contributed by atoms with Crippen LogP contribution >= 0.6 is 23.2 Å². The third-order valence-electron chi connectivity index (χ3n) is 3.80. The maximum atomic E-state index is 12.0. The molecule has 0 aliphatic heterocycles. The van der Waals surface area contributed by atoms with Crippen molar-refractivity contribution in [3.8, 4) is 23.3 Å². The zero-order valence-corrected chi connectivity index (χ0v) is 16.5. The lowest BCUT2D eigenvalue weighted by Gasteiger charge is -2.13. The van der Waals surface area contributed by atoms with E-state index in [1.54, 1.807) is 12.3 Å². The lowest BCUT2D eigenvalue weighted by atomic mass is 10.3. The minimum absolute atomic E-state index is 0.0548. The van der Waals surface area contributed by atoms with Crippen LogP contribution in [0.15, 0.2) is 44.8 Å². The average molecular weight is 434 g/mol. The van der Waals surface area contributed by atoms with E-state index < -0.39 is 16.9 Å². The number of hydrogen-bond donors (Lipinski definition) is 1. The van der Waals surface area contributed by atoms with Crippen molar-refractivity contribution in [2.45, 2.75) is 19.9 Å². The molecule has 0 saturated heterocycles. The van der Waals surface area contributed by atoms with Gasteiger partial charge in [0.25, 0.3) is 11.1 Å². The molecule has 29 heavy (non-hydrogen) atoms. The molecule has 0 spiro atoms. The maximum absolute atomic E-state index is 12.0. The van der Waals surface area contributed by atoms with Crippen LogP contribution in [0.2, 0.25) is 10.0 Å². The lowest BCUT2D eigenvalue weighted by molar-refractivity contribution is 0.472. The third kappa shape index (κ3) is 4.23. The van der Waals surface area contributed by atoms with Gasteiger partial charge in [-0.05, 0) is 24.6 Å². The second kappa shape index (κ2) is 8.34. The highest BCUT2D eigenvalue weighted by Crippen LogP contribution is 2.37. The fourth-order valence-corrected chi connectivity index (χ4v) is 3.07. The predicted molar refractivity (Wildman–Crippen MR) is 106 cm³/mol. The quantitative estimate of drug-likeness (QED) is 0.658. The Morgan fingerprint density at radius 1 is 1.21 bits per heavy atom. The standard InChI is InChI=1S/C18H13Cl2N5O4/c1-2-5-24-9-11(3-4-15(24)26)29-16-12(19)6-10(7-13(16)20)25-18(28)22-17(27)14(8-21)23-25/h3-4,6-7,9H,2,5H2,1H3,(H,22,27,28). The van der Waals surface area contributed by atoms with Crippen LogP contribution in [0.5, 0.6) is 11.5 Å². The van der Waals surface area contributed by atoms with Gasteiger partial charge in [-0.1, -0.05) is 30.1 Å². The molecule has 1 N–H and O–H groups in total. The minimum Gasteiger partial charge on any atom is -0.453 e. The first-order chi connectivity index (χ1) is 13.8. The number of nitriles is 1. The molecule has 148 valence electrons. The van der Waals surface area contributed by atoms with Crippen molar-refractivity contribution in [1.82, 2.24) is 19.3 Å². The Morgan fingerprint density at radius 2 is 1.90 bits per heavy atom. The highest BCUT2D eigenvalue weighted by molar-refractivity contribution is 6.37. The van der Waals surface area contributed by atoms with Crippen LogP contribution in [0, 0.1) is 11.3 Å². The molecule has 0 aliphatic carbocycles. The molecule has 11 heteroatoms. The van der Waals surface area contributed by atoms with E-state index >= 15 is 0 Å². The summed E-state index contributed by atoms with van der Waals surface area (Å²) in [4.78, 5) is 37.3. The molecule has 1 aromatic carbocycles. The molecule has 2 aromatic heterocycles. The monoisotopic (exact) mass is 433 g/mol. The van der Waals surface area contributed by atoms with Gasteiger partial charge in [0.05, 0.1) is 15.7 Å². The van der Waals surface area contributed by atoms with Crippen molar-refractivity contribution in [3.05, 3.63) is 77.4 Å². The first-order valence-electron chi connectivity index (χ1n) is 8.35. The Labute approximate surface area is 173 Å². The first kappa shape index (κ1) is 20.4. The second-order valence-corrected chi connectivity index (χ2v) is 6.68. The van der Waals surface area contributed by atoms with Gasteiger partial charge >= 0.3 is 5.69 Å². The Bertz CT molecular complexity index is 1280. The Hall–Kier alpha value is -3.35. The molecule has 3 aromatic rings. The Balaban J connectivity index is 2.03. The maximum Gasteiger partial charge on any atom is 0.349 e. The molecule has 0 amide bonds. The highest BCUT2D eigenvalue weighted by Gasteiger charge is 2.15. The molecule has 0 atom stereocenters. The van der Waals surface area contributed by atoms with Crippen molar-refractivity contribution in [3.63, 3.8) is 0 Å². The molecule has 0 bridgehead atoms. The van der Waals surface area contributed by atoms with Gasteiger partial charge in [-0.15, -0.1) is 5.10 Å². The molecule has 2 heterocycles. The summed E-state index contributed by atoms with van der Waals surface area (Å²) in [5.41, 5.74) is -2.28. The van der Waals surface area contributed by atoms with E-state index in [9.17, 15) is 14.4 Å². The SMILES string of the molecule is CCCn1cc(Oc2c(Cl)cc(-n3nc(C#N)c(=O)[nH]c3=O)cc2Cl)ccc1=O. The number of rotatable bonds is 5. The number of hydrogen-bond acceptors (Lipinski definition) is 6. The summed E-state index contributed by atoms with van der Waals surface area (Å²) in [5, 5.41) is 12.7. The van der Waals surface area contributed by atoms with Crippen molar-refractivity contribution in [2.75, 3.05) is 0 Å². The molecule has 3 rings (SSSR count). The van der Waals surface area contributed by atoms with E-state index in [4.69, 9.17) is 33.2 Å². The summed E-state index contributed by atoms with van der Waals surface area (Å²) in [7, 11) is 0. The number of ether oxygens (including phenoxy) is 1. The number of pyridine rings is 1. The third-order valence-corrected chi connectivity index (χ3v) is 4.36. The van der Waals surface area contributed by atoms with Crippen molar-refractivity contribution >= 4 is 23.2 Å². The number of nitrogens with zero attached hydrogens (tertiary/aromatic N) is 4. The number of benzene rings is 1. The summed E-state index contributed by atoms with van der Waals surface area (Å²) >= 11 is 12.5. The van der Waals surface area contributed by atoms with Crippen molar-refractivity contribution < 1.29 is 4.74 Å². The summed E-state index contributed by atoms with van der Waals surface area (Å²) in [6.07, 6.45) is 2.31. The van der Waals surface area contributed by atoms with E-state index in [1.807, 2.05) is 11.9 Å². The van der Waals surface area contributed by atoms with Crippen LogP contribution in [0.1, 0.15) is 19.0 Å². The number of halogens is 2. The molecule has 0 aliphatic rings. The van der Waals surface area contributed by atoms with Gasteiger partial charge in [-0.25, -0.2) is 4.79 Å². The van der Waals surface area contributed by atoms with Gasteiger partial charge in [0.2, 0.25) is 5.69 Å². The van der Waals surface area contributed by atoms with Gasteiger partial charge in [0.1, 0.15) is 11.8 Å². The lowest BCUT2D eigenvalue weighted by Crippen LogP contribution is -2.33. The largest absolute Gasteiger partial charge is 0.453 e. The van der Waals surface area contributed by atoms with Gasteiger partial charge < -0.3 is 9.30 Å². The summed E-state index contributed by atoms with van der Waals surface area (Å²) < 4.78 is 8.02.